The molecule has 2 aromatic rings. The van der Waals surface area contributed by atoms with Crippen molar-refractivity contribution in [3.63, 3.8) is 0 Å². The molecule has 2 N–H and O–H groups in total. The van der Waals surface area contributed by atoms with Crippen LogP contribution in [0.4, 0.5) is 4.39 Å². The second-order valence-electron chi connectivity index (χ2n) is 5.19. The summed E-state index contributed by atoms with van der Waals surface area (Å²) in [7, 11) is 3.34. The summed E-state index contributed by atoms with van der Waals surface area (Å²) < 4.78 is 19.0. The lowest BCUT2D eigenvalue weighted by Gasteiger charge is -2.14. The van der Waals surface area contributed by atoms with E-state index in [1.807, 2.05) is 31.2 Å². The third-order valence-corrected chi connectivity index (χ3v) is 3.52. The maximum Gasteiger partial charge on any atom is 0.191 e. The second kappa shape index (κ2) is 8.17. The molecule has 0 bridgehead atoms. The van der Waals surface area contributed by atoms with Crippen LogP contribution in [-0.2, 0) is 13.1 Å². The molecule has 4 nitrogen and oxygen atoms in total. The largest absolute Gasteiger partial charge is 0.496 e. The van der Waals surface area contributed by atoms with Crippen LogP contribution >= 0.6 is 0 Å². The molecule has 0 fully saturated rings. The number of benzene rings is 2. The molecular weight excluding hydrogens is 293 g/mol. The molecule has 5 heteroatoms. The van der Waals surface area contributed by atoms with Gasteiger partial charge in [-0.25, -0.2) is 4.39 Å². The number of methoxy groups -OCH3 is 1. The number of guanidine groups is 1. The van der Waals surface area contributed by atoms with Crippen LogP contribution in [0, 0.1) is 12.7 Å². The van der Waals surface area contributed by atoms with Gasteiger partial charge in [0.25, 0.3) is 0 Å². The number of ether oxygens (including phenoxy) is 1. The second-order valence-corrected chi connectivity index (χ2v) is 5.19. The van der Waals surface area contributed by atoms with Gasteiger partial charge in [0.15, 0.2) is 5.96 Å². The van der Waals surface area contributed by atoms with Crippen molar-refractivity contribution in [1.82, 2.24) is 10.6 Å². The fourth-order valence-corrected chi connectivity index (χ4v) is 2.22. The number of aryl methyl sites for hydroxylation is 1. The van der Waals surface area contributed by atoms with Gasteiger partial charge in [0.2, 0.25) is 0 Å². The van der Waals surface area contributed by atoms with Crippen LogP contribution in [0.3, 0.4) is 0 Å². The van der Waals surface area contributed by atoms with Gasteiger partial charge in [-0.05, 0) is 24.6 Å². The van der Waals surface area contributed by atoms with Gasteiger partial charge in [0.05, 0.1) is 7.11 Å². The van der Waals surface area contributed by atoms with E-state index in [9.17, 15) is 4.39 Å². The van der Waals surface area contributed by atoms with Crippen LogP contribution in [0.2, 0.25) is 0 Å². The summed E-state index contributed by atoms with van der Waals surface area (Å²) in [5, 5.41) is 6.31. The molecule has 0 spiro atoms. The number of rotatable bonds is 5. The molecule has 0 saturated heterocycles. The smallest absolute Gasteiger partial charge is 0.191 e. The first kappa shape index (κ1) is 16.8. The van der Waals surface area contributed by atoms with Gasteiger partial charge in [-0.3, -0.25) is 4.99 Å². The normalized spacial score (nSPS) is 11.2. The topological polar surface area (TPSA) is 45.7 Å². The van der Waals surface area contributed by atoms with E-state index in [4.69, 9.17) is 4.74 Å². The van der Waals surface area contributed by atoms with Gasteiger partial charge >= 0.3 is 0 Å². The Labute approximate surface area is 136 Å². The third-order valence-electron chi connectivity index (χ3n) is 3.52. The van der Waals surface area contributed by atoms with Gasteiger partial charge in [-0.2, -0.15) is 0 Å². The fourth-order valence-electron chi connectivity index (χ4n) is 2.22. The van der Waals surface area contributed by atoms with Crippen LogP contribution in [0.5, 0.6) is 5.75 Å². The molecule has 0 radical (unpaired) electrons. The SMILES string of the molecule is CN=C(NCc1ccccc1F)NCc1ccc(C)cc1OC. The monoisotopic (exact) mass is 315 g/mol. The summed E-state index contributed by atoms with van der Waals surface area (Å²) in [5.74, 6) is 1.22. The predicted octanol–water partition coefficient (Wildman–Crippen LogP) is 3.01. The molecule has 2 aromatic carbocycles. The van der Waals surface area contributed by atoms with Crippen molar-refractivity contribution in [3.05, 3.63) is 65.0 Å². The zero-order chi connectivity index (χ0) is 16.7. The molecule has 0 amide bonds. The van der Waals surface area contributed by atoms with Crippen molar-refractivity contribution in [2.24, 2.45) is 4.99 Å². The highest BCUT2D eigenvalue weighted by atomic mass is 19.1. The van der Waals surface area contributed by atoms with E-state index >= 15 is 0 Å². The van der Waals surface area contributed by atoms with Gasteiger partial charge < -0.3 is 15.4 Å². The minimum absolute atomic E-state index is 0.226. The van der Waals surface area contributed by atoms with Crippen molar-refractivity contribution in [1.29, 1.82) is 0 Å². The lowest BCUT2D eigenvalue weighted by atomic mass is 10.1. The Hall–Kier alpha value is -2.56. The molecule has 0 aromatic heterocycles. The van der Waals surface area contributed by atoms with Crippen LogP contribution in [0.1, 0.15) is 16.7 Å². The van der Waals surface area contributed by atoms with E-state index < -0.39 is 0 Å². The first-order valence-corrected chi connectivity index (χ1v) is 7.45. The Kier molecular flexibility index (Phi) is 5.97. The van der Waals surface area contributed by atoms with E-state index in [0.717, 1.165) is 16.9 Å². The van der Waals surface area contributed by atoms with Crippen molar-refractivity contribution >= 4 is 5.96 Å². The standard InChI is InChI=1S/C18H22FN3O/c1-13-8-9-15(17(10-13)23-3)12-22-18(20-2)21-11-14-6-4-5-7-16(14)19/h4-10H,11-12H2,1-3H3,(H2,20,21,22). The zero-order valence-corrected chi connectivity index (χ0v) is 13.7. The molecule has 0 saturated carbocycles. The van der Waals surface area contributed by atoms with E-state index in [-0.39, 0.29) is 5.82 Å². The molecule has 0 atom stereocenters. The minimum atomic E-state index is -0.226. The molecule has 0 heterocycles. The lowest BCUT2D eigenvalue weighted by Crippen LogP contribution is -2.36. The van der Waals surface area contributed by atoms with E-state index in [1.54, 1.807) is 26.3 Å². The molecule has 0 aliphatic carbocycles. The zero-order valence-electron chi connectivity index (χ0n) is 13.7. The summed E-state index contributed by atoms with van der Waals surface area (Å²) in [6.45, 7) is 2.96. The fraction of sp³-hybridized carbons (Fsp3) is 0.278. The highest BCUT2D eigenvalue weighted by molar-refractivity contribution is 5.79. The van der Waals surface area contributed by atoms with E-state index in [0.29, 0.717) is 24.6 Å². The van der Waals surface area contributed by atoms with Gasteiger partial charge in [-0.1, -0.05) is 30.3 Å². The Morgan fingerprint density at radius 1 is 1.09 bits per heavy atom. The summed E-state index contributed by atoms with van der Waals surface area (Å²) >= 11 is 0. The van der Waals surface area contributed by atoms with Crippen LogP contribution in [0.15, 0.2) is 47.5 Å². The van der Waals surface area contributed by atoms with Crippen LogP contribution < -0.4 is 15.4 Å². The number of halogens is 1. The maximum atomic E-state index is 13.6. The molecule has 0 aliphatic rings. The van der Waals surface area contributed by atoms with Crippen molar-refractivity contribution in [2.45, 2.75) is 20.0 Å². The molecule has 0 unspecified atom stereocenters. The summed E-state index contributed by atoms with van der Waals surface area (Å²) in [5.41, 5.74) is 2.78. The number of nitrogens with zero attached hydrogens (tertiary/aromatic N) is 1. The molecule has 23 heavy (non-hydrogen) atoms. The molecular formula is C18H22FN3O. The number of nitrogens with one attached hydrogen (secondary N) is 2. The molecule has 122 valence electrons. The van der Waals surface area contributed by atoms with E-state index in [1.165, 1.54) is 6.07 Å². The Morgan fingerprint density at radius 3 is 2.43 bits per heavy atom. The number of hydrogen-bond acceptors (Lipinski definition) is 2. The van der Waals surface area contributed by atoms with Crippen LogP contribution in [0.25, 0.3) is 0 Å². The van der Waals surface area contributed by atoms with Gasteiger partial charge in [0.1, 0.15) is 11.6 Å². The Bertz CT molecular complexity index is 686. The van der Waals surface area contributed by atoms with Crippen LogP contribution in [-0.4, -0.2) is 20.1 Å². The quantitative estimate of drug-likeness (QED) is 0.658. The van der Waals surface area contributed by atoms with Gasteiger partial charge in [-0.15, -0.1) is 0 Å². The van der Waals surface area contributed by atoms with Crippen molar-refractivity contribution < 1.29 is 9.13 Å². The Balaban J connectivity index is 1.94. The summed E-state index contributed by atoms with van der Waals surface area (Å²) in [4.78, 5) is 4.15. The molecule has 0 aliphatic heterocycles. The Morgan fingerprint density at radius 2 is 1.78 bits per heavy atom. The number of aliphatic imine (C=N–C) groups is 1. The van der Waals surface area contributed by atoms with Crippen molar-refractivity contribution in [3.8, 4) is 5.75 Å². The minimum Gasteiger partial charge on any atom is -0.496 e. The average molecular weight is 315 g/mol. The van der Waals surface area contributed by atoms with E-state index in [2.05, 4.69) is 15.6 Å². The first-order valence-electron chi connectivity index (χ1n) is 7.45. The number of hydrogen-bond donors (Lipinski definition) is 2. The maximum absolute atomic E-state index is 13.6. The third kappa shape index (κ3) is 4.71. The lowest BCUT2D eigenvalue weighted by molar-refractivity contribution is 0.408. The highest BCUT2D eigenvalue weighted by Crippen LogP contribution is 2.19. The molecule has 2 rings (SSSR count). The predicted molar refractivity (Wildman–Crippen MR) is 91.2 cm³/mol. The first-order chi connectivity index (χ1) is 11.1. The summed E-state index contributed by atoms with van der Waals surface area (Å²) in [6.07, 6.45) is 0. The van der Waals surface area contributed by atoms with Gasteiger partial charge in [0, 0.05) is 31.3 Å². The highest BCUT2D eigenvalue weighted by Gasteiger charge is 2.06. The average Bonchev–Trinajstić information content (AvgIpc) is 2.57. The summed E-state index contributed by atoms with van der Waals surface area (Å²) in [6, 6.07) is 12.7. The van der Waals surface area contributed by atoms with Crippen molar-refractivity contribution in [2.75, 3.05) is 14.2 Å².